The zero-order valence-corrected chi connectivity index (χ0v) is 47.6. The molecular weight excluding hydrogens is 1050 g/mol. The molecule has 1 heterocycles. The Morgan fingerprint density at radius 3 is 1.60 bits per heavy atom. The Labute approximate surface area is 481 Å². The molecule has 22 nitrogen and oxygen atoms in total. The molecule has 0 aliphatic carbocycles. The molecule has 450 valence electrons. The van der Waals surface area contributed by atoms with Crippen LogP contribution in [0.15, 0.2) is 84.9 Å². The largest absolute Gasteiger partial charge is 0.393 e. The molecule has 3 aromatic carbocycles. The molecule has 10 atom stereocenters. The van der Waals surface area contributed by atoms with Crippen LogP contribution in [-0.2, 0) is 56.0 Å². The highest BCUT2D eigenvalue weighted by molar-refractivity contribution is 5.98. The van der Waals surface area contributed by atoms with Gasteiger partial charge in [-0.2, -0.15) is 0 Å². The Kier molecular flexibility index (Phi) is 30.1. The minimum atomic E-state index is -1.49. The highest BCUT2D eigenvalue weighted by atomic mass is 16.3. The number of aliphatic hydroxyl groups is 2. The second-order valence-corrected chi connectivity index (χ2v) is 21.2. The van der Waals surface area contributed by atoms with E-state index in [2.05, 4.69) is 44.1 Å². The molecule has 82 heavy (non-hydrogen) atoms. The third kappa shape index (κ3) is 23.1. The van der Waals surface area contributed by atoms with Gasteiger partial charge in [0.25, 0.3) is 0 Å². The van der Waals surface area contributed by atoms with E-state index in [1.807, 2.05) is 42.5 Å². The van der Waals surface area contributed by atoms with Gasteiger partial charge in [-0.25, -0.2) is 0 Å². The summed E-state index contributed by atoms with van der Waals surface area (Å²) in [6, 6.07) is 17.3. The molecule has 0 aromatic heterocycles. The summed E-state index contributed by atoms with van der Waals surface area (Å²) in [5.74, 6) is -9.20. The van der Waals surface area contributed by atoms with Crippen molar-refractivity contribution in [1.82, 2.24) is 37.2 Å². The van der Waals surface area contributed by atoms with Crippen LogP contribution in [0.5, 0.6) is 0 Å². The van der Waals surface area contributed by atoms with Gasteiger partial charge in [-0.05, 0) is 93.9 Å². The molecule has 0 unspecified atom stereocenters. The van der Waals surface area contributed by atoms with E-state index in [1.54, 1.807) is 42.5 Å². The smallest absolute Gasteiger partial charge is 0.243 e. The highest BCUT2D eigenvalue weighted by Crippen LogP contribution is 2.21. The van der Waals surface area contributed by atoms with Crippen molar-refractivity contribution in [2.45, 2.75) is 165 Å². The van der Waals surface area contributed by atoms with Crippen molar-refractivity contribution in [3.63, 3.8) is 0 Å². The van der Waals surface area contributed by atoms with Crippen LogP contribution in [0.4, 0.5) is 0 Å². The molecule has 0 spiro atoms. The lowest BCUT2D eigenvalue weighted by atomic mass is 9.92. The molecular formula is C60H89N11O11. The van der Waals surface area contributed by atoms with Crippen molar-refractivity contribution < 1.29 is 53.4 Å². The van der Waals surface area contributed by atoms with E-state index < -0.39 is 114 Å². The fourth-order valence-corrected chi connectivity index (χ4v) is 9.78. The van der Waals surface area contributed by atoms with Crippen LogP contribution >= 0.6 is 0 Å². The first kappa shape index (κ1) is 67.6. The molecule has 7 amide bonds. The zero-order valence-electron chi connectivity index (χ0n) is 47.6. The van der Waals surface area contributed by atoms with Crippen molar-refractivity contribution in [3.8, 4) is 11.1 Å². The molecule has 1 aliphatic rings. The Morgan fingerprint density at radius 1 is 0.561 bits per heavy atom. The zero-order chi connectivity index (χ0) is 60.0. The van der Waals surface area contributed by atoms with Crippen molar-refractivity contribution in [3.05, 3.63) is 96.1 Å². The standard InChI is InChI=1S/C60H89N11O11/c1-3-4-5-6-13-18-44(73)36-45(74)35-43(23-28-61)54(76)67-50-27-32-65-55(77)46(38(2)72)37-53(75)47(24-29-62)66-56(78)48(25-30-63)69-59(81)52(34-40-19-21-42(22-20-40)41-16-11-8-12-17-41)71-60(82)51(33-39-14-9-7-10-15-39)70-57(79)49(26-31-64)68-58(50)80/h7-12,14-17,19-22,38,43-44,46-52,72-73H,3-6,13,18,23-37,61-64H2,1-2H3,(H,65,77)(H,66,78)(H,67,76)(H,68,80)(H,69,81)(H,70,79)(H,71,82)/t38-,43+,44-,46+,47+,48+,49+,50+,51-,52+/m1/s1. The summed E-state index contributed by atoms with van der Waals surface area (Å²) in [5, 5.41) is 40.4. The van der Waals surface area contributed by atoms with Gasteiger partial charge in [0.1, 0.15) is 36.0 Å². The van der Waals surface area contributed by atoms with Gasteiger partial charge >= 0.3 is 0 Å². The van der Waals surface area contributed by atoms with Gasteiger partial charge in [0, 0.05) is 44.6 Å². The number of unbranched alkanes of at least 4 members (excludes halogenated alkanes) is 4. The van der Waals surface area contributed by atoms with E-state index in [4.69, 9.17) is 22.9 Å². The maximum absolute atomic E-state index is 14.8. The van der Waals surface area contributed by atoms with Crippen LogP contribution in [0.2, 0.25) is 0 Å². The lowest BCUT2D eigenvalue weighted by molar-refractivity contribution is -0.136. The maximum atomic E-state index is 14.8. The molecule has 17 N–H and O–H groups in total. The van der Waals surface area contributed by atoms with Crippen molar-refractivity contribution in [1.29, 1.82) is 0 Å². The lowest BCUT2D eigenvalue weighted by Gasteiger charge is -2.28. The van der Waals surface area contributed by atoms with Crippen LogP contribution in [0.1, 0.15) is 115 Å². The molecule has 1 saturated heterocycles. The summed E-state index contributed by atoms with van der Waals surface area (Å²) < 4.78 is 0. The van der Waals surface area contributed by atoms with Gasteiger partial charge in [0.15, 0.2) is 5.78 Å². The number of benzene rings is 3. The number of ketones is 2. The Balaban J connectivity index is 1.76. The third-order valence-electron chi connectivity index (χ3n) is 14.6. The number of Topliss-reactive ketones (excluding diaryl/α,β-unsaturated/α-hetero) is 2. The minimum absolute atomic E-state index is 0.00837. The summed E-state index contributed by atoms with van der Waals surface area (Å²) in [6.45, 7) is 2.75. The first-order valence-electron chi connectivity index (χ1n) is 28.9. The average molecular weight is 1140 g/mol. The van der Waals surface area contributed by atoms with E-state index >= 15 is 0 Å². The monoisotopic (exact) mass is 1140 g/mol. The van der Waals surface area contributed by atoms with Crippen LogP contribution in [0.3, 0.4) is 0 Å². The molecule has 1 aliphatic heterocycles. The summed E-state index contributed by atoms with van der Waals surface area (Å²) >= 11 is 0. The Hall–Kier alpha value is -6.95. The first-order chi connectivity index (χ1) is 39.4. The summed E-state index contributed by atoms with van der Waals surface area (Å²) in [5.41, 5.74) is 26.9. The predicted octanol–water partition coefficient (Wildman–Crippen LogP) is 0.606. The van der Waals surface area contributed by atoms with Crippen LogP contribution in [0.25, 0.3) is 11.1 Å². The molecule has 1 fully saturated rings. The second-order valence-electron chi connectivity index (χ2n) is 21.2. The number of carbonyl (C=O) groups excluding carboxylic acids is 9. The highest BCUT2D eigenvalue weighted by Gasteiger charge is 2.36. The van der Waals surface area contributed by atoms with Gasteiger partial charge in [-0.15, -0.1) is 0 Å². The van der Waals surface area contributed by atoms with E-state index in [9.17, 15) is 53.4 Å². The quantitative estimate of drug-likeness (QED) is 0.0490. The van der Waals surface area contributed by atoms with Gasteiger partial charge in [-0.3, -0.25) is 43.2 Å². The van der Waals surface area contributed by atoms with Crippen molar-refractivity contribution in [2.75, 3.05) is 32.7 Å². The summed E-state index contributed by atoms with van der Waals surface area (Å²) in [6.07, 6.45) is 0.979. The van der Waals surface area contributed by atoms with E-state index in [0.717, 1.165) is 43.2 Å². The molecule has 0 radical (unpaired) electrons. The summed E-state index contributed by atoms with van der Waals surface area (Å²) in [4.78, 5) is 128. The number of nitrogens with two attached hydrogens (primary N) is 4. The van der Waals surface area contributed by atoms with Crippen molar-refractivity contribution in [2.24, 2.45) is 34.8 Å². The molecule has 22 heteroatoms. The number of rotatable bonds is 26. The lowest BCUT2D eigenvalue weighted by Crippen LogP contribution is -2.60. The van der Waals surface area contributed by atoms with E-state index in [0.29, 0.717) is 17.5 Å². The molecule has 3 aromatic rings. The predicted molar refractivity (Wildman–Crippen MR) is 312 cm³/mol. The molecule has 0 bridgehead atoms. The van der Waals surface area contributed by atoms with Crippen molar-refractivity contribution >= 4 is 52.9 Å². The fraction of sp³-hybridized carbons (Fsp3) is 0.550. The van der Waals surface area contributed by atoms with Gasteiger partial charge in [-0.1, -0.05) is 124 Å². The summed E-state index contributed by atoms with van der Waals surface area (Å²) in [7, 11) is 0. The first-order valence-corrected chi connectivity index (χ1v) is 28.9. The number of nitrogens with one attached hydrogen (secondary N) is 7. The number of hydrogen-bond donors (Lipinski definition) is 13. The second kappa shape index (κ2) is 36.5. The topological polar surface area (TPSA) is 382 Å². The van der Waals surface area contributed by atoms with Crippen LogP contribution in [0, 0.1) is 11.8 Å². The van der Waals surface area contributed by atoms with Gasteiger partial charge in [0.2, 0.25) is 41.4 Å². The maximum Gasteiger partial charge on any atom is 0.243 e. The number of aliphatic hydroxyl groups excluding tert-OH is 2. The Morgan fingerprint density at radius 2 is 1.05 bits per heavy atom. The van der Waals surface area contributed by atoms with Crippen LogP contribution in [-0.4, -0.2) is 144 Å². The van der Waals surface area contributed by atoms with E-state index in [1.165, 1.54) is 6.92 Å². The fourth-order valence-electron chi connectivity index (χ4n) is 9.78. The average Bonchev–Trinajstić information content (AvgIpc) is 3.61. The van der Waals surface area contributed by atoms with Gasteiger partial charge < -0.3 is 70.4 Å². The third-order valence-corrected chi connectivity index (χ3v) is 14.6. The number of amides is 7. The molecule has 4 rings (SSSR count). The SMILES string of the molecule is CCCCCCC[C@@H](O)CC(=O)C[C@H](CCN)C(=O)N[C@H]1CCNC(=O)[C@H]([C@@H](C)O)CC(=O)[C@H](CCN)NC(=O)[C@H](CCN)NC(=O)[C@H](Cc2ccc(-c3ccccc3)cc2)NC(=O)[C@@H](Cc2ccccc2)NC(=O)[C@H](CCN)NC1=O. The van der Waals surface area contributed by atoms with E-state index in [-0.39, 0.29) is 96.3 Å². The molecule has 0 saturated carbocycles. The number of hydrogen-bond acceptors (Lipinski definition) is 15. The normalized spacial score (nSPS) is 22.2. The number of carbonyl (C=O) groups is 9. The Bertz CT molecular complexity index is 2500. The van der Waals surface area contributed by atoms with Crippen LogP contribution < -0.4 is 60.2 Å². The van der Waals surface area contributed by atoms with Gasteiger partial charge in [0.05, 0.1) is 24.2 Å². The minimum Gasteiger partial charge on any atom is -0.393 e.